The van der Waals surface area contributed by atoms with Crippen molar-refractivity contribution in [1.82, 2.24) is 9.97 Å². The molecule has 0 aliphatic heterocycles. The molecule has 0 amide bonds. The van der Waals surface area contributed by atoms with Crippen LogP contribution in [0.2, 0.25) is 5.02 Å². The molecule has 0 bridgehead atoms. The van der Waals surface area contributed by atoms with Crippen molar-refractivity contribution in [2.75, 3.05) is 36.9 Å². The van der Waals surface area contributed by atoms with Gasteiger partial charge in [-0.3, -0.25) is 9.97 Å². The summed E-state index contributed by atoms with van der Waals surface area (Å²) in [6.45, 7) is 2.18. The molecule has 4 heterocycles. The van der Waals surface area contributed by atoms with Crippen LogP contribution in [0.25, 0.3) is 55.0 Å². The number of aromatic nitrogens is 2. The van der Waals surface area contributed by atoms with Crippen LogP contribution in [0.1, 0.15) is 76.2 Å². The van der Waals surface area contributed by atoms with Gasteiger partial charge < -0.3 is 43.4 Å². The monoisotopic (exact) mass is 1770 g/mol. The van der Waals surface area contributed by atoms with Gasteiger partial charge in [0.15, 0.2) is 0 Å². The zero-order valence-electron chi connectivity index (χ0n) is 74.9. The predicted octanol–water partition coefficient (Wildman–Crippen LogP) is 35.0. The first kappa shape index (κ1) is 88.4. The normalized spacial score (nSPS) is 12.4. The number of nitrogens with zero attached hydrogens (tertiary/aromatic N) is 7. The minimum absolute atomic E-state index is 0.712. The van der Waals surface area contributed by atoms with Gasteiger partial charge in [0.1, 0.15) is 28.1 Å². The van der Waals surface area contributed by atoms with Gasteiger partial charge in [-0.2, -0.15) is 0 Å². The number of anilines is 17. The van der Waals surface area contributed by atoms with E-state index in [1.54, 1.807) is 25.7 Å². The van der Waals surface area contributed by atoms with Crippen molar-refractivity contribution in [2.45, 2.75) is 83.2 Å². The smallest absolute Gasteiger partial charge is 0.138 e. The molecule has 4 aromatic heterocycles. The molecule has 0 radical (unpaired) electrons. The van der Waals surface area contributed by atoms with Gasteiger partial charge in [0, 0.05) is 154 Å². The molecule has 1 atom stereocenters. The fourth-order valence-electron chi connectivity index (χ4n) is 17.8. The summed E-state index contributed by atoms with van der Waals surface area (Å²) in [7, 11) is 2.68. The molecule has 11 nitrogen and oxygen atoms in total. The van der Waals surface area contributed by atoms with E-state index in [-0.39, 0.29) is 0 Å². The molecule has 2 saturated carbocycles. The van der Waals surface area contributed by atoms with Gasteiger partial charge >= 0.3 is 0 Å². The Bertz CT molecular complexity index is 6950. The van der Waals surface area contributed by atoms with Crippen LogP contribution in [0.5, 0.6) is 5.75 Å². The van der Waals surface area contributed by atoms with E-state index in [2.05, 4.69) is 405 Å². The van der Waals surface area contributed by atoms with Gasteiger partial charge in [0.2, 0.25) is 0 Å². The van der Waals surface area contributed by atoms with Crippen molar-refractivity contribution in [3.63, 3.8) is 0 Å². The Morgan fingerprint density at radius 1 is 0.293 bits per heavy atom. The van der Waals surface area contributed by atoms with Gasteiger partial charge in [-0.15, -0.1) is 0 Å². The summed E-state index contributed by atoms with van der Waals surface area (Å²) in [5, 5.41) is 9.75. The average molecular weight is 1770 g/mol. The second kappa shape index (κ2) is 43.9. The maximum absolute atomic E-state index is 6.12. The van der Waals surface area contributed by atoms with E-state index in [9.17, 15) is 0 Å². The van der Waals surface area contributed by atoms with Crippen LogP contribution < -0.4 is 39.9 Å². The number of nitrogens with one attached hydrogen (secondary N) is 1. The molecule has 2 aliphatic rings. The van der Waals surface area contributed by atoms with Gasteiger partial charge in [0.05, 0.1) is 7.11 Å². The molecule has 20 aromatic rings. The van der Waals surface area contributed by atoms with E-state index in [1.807, 2.05) is 79.0 Å². The number of ether oxygens (including phenoxy) is 1. The van der Waals surface area contributed by atoms with Crippen LogP contribution in [0.3, 0.4) is 0 Å². The number of aryl methyl sites for hydroxylation is 1. The highest BCUT2D eigenvalue weighted by Crippen LogP contribution is 2.46. The molecule has 1 unspecified atom stereocenters. The van der Waals surface area contributed by atoms with Crippen molar-refractivity contribution < 1.29 is 13.6 Å². The van der Waals surface area contributed by atoms with E-state index >= 15 is 0 Å². The highest BCUT2D eigenvalue weighted by molar-refractivity contribution is 7.48. The van der Waals surface area contributed by atoms with Gasteiger partial charge in [-0.1, -0.05) is 260 Å². The van der Waals surface area contributed by atoms with Crippen LogP contribution in [0.15, 0.2) is 464 Å². The summed E-state index contributed by atoms with van der Waals surface area (Å²) >= 11 is 5.91. The Morgan fingerprint density at radius 3 is 0.977 bits per heavy atom. The number of methoxy groups -OCH3 is 1. The summed E-state index contributed by atoms with van der Waals surface area (Å²) < 4.78 is 17.4. The first-order valence-electron chi connectivity index (χ1n) is 46.0. The zero-order valence-corrected chi connectivity index (χ0v) is 76.6. The number of benzene rings is 16. The van der Waals surface area contributed by atoms with E-state index in [0.717, 1.165) is 161 Å². The summed E-state index contributed by atoms with van der Waals surface area (Å²) in [6, 6.07) is 150. The molecule has 656 valence electrons. The van der Waals surface area contributed by atoms with Crippen LogP contribution >= 0.6 is 20.2 Å². The van der Waals surface area contributed by atoms with Crippen molar-refractivity contribution in [3.05, 3.63) is 466 Å². The quantitative estimate of drug-likeness (QED) is 0.0698. The van der Waals surface area contributed by atoms with Crippen LogP contribution in [-0.2, 0) is 0 Å². The predicted molar refractivity (Wildman–Crippen MR) is 563 cm³/mol. The Morgan fingerprint density at radius 2 is 0.594 bits per heavy atom. The maximum atomic E-state index is 6.12. The molecule has 0 saturated heterocycles. The second-order valence-electron chi connectivity index (χ2n) is 33.2. The van der Waals surface area contributed by atoms with E-state index < -0.39 is 0 Å². The Labute approximate surface area is 787 Å². The SMILES string of the molecule is C1CCCCC1.COc1cccc(C)c1-c1ccccc1PC1CCCCC1.Clc1ccc2oc3ccncc3c2c1.c1ccc(N(c2ccccc2)c2ccc(N(c3ccccc3)c3ccc(N(c4ccccc4)c4ccc5oc6ccncc6c5c4)cc3)cc2)cc1.c1ccc(Nc2ccc(N(c3ccccc3)c3ccc(N(c4ccccc4)c4ccccc4)cc3)cc2)cc1. The van der Waals surface area contributed by atoms with E-state index in [4.69, 9.17) is 25.2 Å². The van der Waals surface area contributed by atoms with Crippen molar-refractivity contribution in [2.24, 2.45) is 0 Å². The van der Waals surface area contributed by atoms with Crippen LogP contribution in [0.4, 0.5) is 96.7 Å². The first-order chi connectivity index (χ1) is 65.8. The fourth-order valence-corrected chi connectivity index (χ4v) is 19.6. The lowest BCUT2D eigenvalue weighted by molar-refractivity contribution is 0.416. The Balaban J connectivity index is 0.000000127. The third-order valence-electron chi connectivity index (χ3n) is 24.2. The summed E-state index contributed by atoms with van der Waals surface area (Å²) in [5.74, 6) is 0.987. The van der Waals surface area contributed by atoms with Crippen molar-refractivity contribution in [3.8, 4) is 16.9 Å². The van der Waals surface area contributed by atoms with Crippen molar-refractivity contribution >= 4 is 166 Å². The Kier molecular flexibility index (Phi) is 29.2. The molecule has 1 N–H and O–H groups in total. The van der Waals surface area contributed by atoms with Gasteiger partial charge in [0.25, 0.3) is 0 Å². The molecule has 16 aromatic carbocycles. The van der Waals surface area contributed by atoms with Crippen LogP contribution in [0, 0.1) is 6.92 Å². The number of fused-ring (bicyclic) bond motifs is 6. The lowest BCUT2D eigenvalue weighted by Gasteiger charge is -2.29. The molecule has 0 spiro atoms. The maximum Gasteiger partial charge on any atom is 0.138 e. The summed E-state index contributed by atoms with van der Waals surface area (Å²) in [4.78, 5) is 19.8. The number of hydrogen-bond donors (Lipinski definition) is 1. The number of furan rings is 2. The minimum atomic E-state index is 0.712. The van der Waals surface area contributed by atoms with E-state index in [1.165, 1.54) is 92.6 Å². The molecule has 13 heteroatoms. The topological polar surface area (TPSA) is 89.5 Å². The number of para-hydroxylation sites is 8. The minimum Gasteiger partial charge on any atom is -0.496 e. The highest BCUT2D eigenvalue weighted by atomic mass is 35.5. The molecule has 2 aliphatic carbocycles. The molecular formula is C120H106ClN8O3P. The van der Waals surface area contributed by atoms with Crippen molar-refractivity contribution in [1.29, 1.82) is 0 Å². The standard InChI is InChI=1S/C47H34N4O.C36H29N3.C20H25OP.C11H6ClNO.C6H12/c1-5-13-35(14-6-1)49(36-15-7-2-8-16-36)39-21-23-40(24-22-39)50(37-17-9-3-10-18-37)41-25-27-42(28-26-41)51(38-19-11-4-12-20-38)43-29-30-46-44(33-43)45-34-48-32-31-47(45)52-46;1-5-13-29(14-6-1)37-30-21-23-34(24-22-30)39(33-19-11-4-12-20-33)36-27-25-35(26-28-36)38(31-15-7-2-8-16-31)32-17-9-3-10-18-32;1-15-9-8-13-18(21-2)20(15)17-12-6-7-14-19(17)22-16-10-4-3-5-11-16;12-7-1-2-10-8(5-7)9-6-13-4-3-11(9)14-10;1-2-4-6-5-3-1/h1-34H;1-28,37H;6-9,12-14,16,22H,3-5,10-11H2,1-2H3;1-6H;1-6H2. The molecular weight excluding hydrogens is 1670 g/mol. The number of pyridine rings is 2. The fraction of sp³-hybridized carbons (Fsp3) is 0.117. The molecule has 133 heavy (non-hydrogen) atoms. The lowest BCUT2D eigenvalue weighted by atomic mass is 9.99. The van der Waals surface area contributed by atoms with E-state index in [0.29, 0.717) is 5.02 Å². The number of rotatable bonds is 21. The molecule has 22 rings (SSSR count). The molecule has 2 fully saturated rings. The Hall–Kier alpha value is -15.3. The summed E-state index contributed by atoms with van der Waals surface area (Å²) in [5.41, 5.74) is 26.6. The largest absolute Gasteiger partial charge is 0.496 e. The number of hydrogen-bond acceptors (Lipinski definition) is 11. The third-order valence-corrected chi connectivity index (χ3v) is 26.2. The lowest BCUT2D eigenvalue weighted by Crippen LogP contribution is -2.13. The zero-order chi connectivity index (χ0) is 90.1. The van der Waals surface area contributed by atoms with Gasteiger partial charge in [-0.05, 0) is 291 Å². The number of halogens is 1. The second-order valence-corrected chi connectivity index (χ2v) is 35.3. The highest BCUT2D eigenvalue weighted by Gasteiger charge is 2.24. The summed E-state index contributed by atoms with van der Waals surface area (Å²) in [6.07, 6.45) is 23.2. The van der Waals surface area contributed by atoms with Gasteiger partial charge in [-0.25, -0.2) is 0 Å². The first-order valence-corrected chi connectivity index (χ1v) is 47.5. The third kappa shape index (κ3) is 21.8. The van der Waals surface area contributed by atoms with Crippen LogP contribution in [-0.4, -0.2) is 22.7 Å². The average Bonchev–Trinajstić information content (AvgIpc) is 1.64.